The lowest BCUT2D eigenvalue weighted by Gasteiger charge is -2.08. The summed E-state index contributed by atoms with van der Waals surface area (Å²) < 4.78 is 40.2. The Labute approximate surface area is 95.8 Å². The average Bonchev–Trinajstić information content (AvgIpc) is 2.25. The van der Waals surface area contributed by atoms with E-state index in [2.05, 4.69) is 4.98 Å². The fourth-order valence-corrected chi connectivity index (χ4v) is 0.929. The van der Waals surface area contributed by atoms with Crippen LogP contribution in [0.5, 0.6) is 5.88 Å². The number of nitrogens with zero attached hydrogens (tertiary/aromatic N) is 1. The Kier molecular flexibility index (Phi) is 4.30. The molecule has 4 nitrogen and oxygen atoms in total. The van der Waals surface area contributed by atoms with Crippen molar-refractivity contribution >= 4 is 5.91 Å². The highest BCUT2D eigenvalue weighted by molar-refractivity contribution is 5.77. The van der Waals surface area contributed by atoms with Crippen molar-refractivity contribution in [2.75, 3.05) is 13.2 Å². The molecule has 0 aliphatic carbocycles. The van der Waals surface area contributed by atoms with Gasteiger partial charge in [0, 0.05) is 12.3 Å². The van der Waals surface area contributed by atoms with Gasteiger partial charge in [-0.15, -0.1) is 0 Å². The number of hydrogen-bond donors (Lipinski definition) is 1. The fourth-order valence-electron chi connectivity index (χ4n) is 0.929. The zero-order valence-electron chi connectivity index (χ0n) is 9.04. The summed E-state index contributed by atoms with van der Waals surface area (Å²) in [6.07, 6.45) is -2.89. The quantitative estimate of drug-likeness (QED) is 0.877. The standard InChI is InChI=1S/C10H11F3N2O2/c1-7-2-3-9(14-4-7)17-5-8(16)15-6-10(11,12)13/h2-4H,5-6H2,1H3,(H,15,16). The second kappa shape index (κ2) is 5.51. The maximum absolute atomic E-state index is 11.8. The van der Waals surface area contributed by atoms with Gasteiger partial charge in [-0.3, -0.25) is 4.79 Å². The zero-order valence-corrected chi connectivity index (χ0v) is 9.04. The molecule has 1 amide bonds. The van der Waals surface area contributed by atoms with Gasteiger partial charge in [-0.05, 0) is 12.5 Å². The Morgan fingerprint density at radius 3 is 2.71 bits per heavy atom. The molecule has 0 aliphatic rings. The van der Waals surface area contributed by atoms with Crippen LogP contribution in [0.25, 0.3) is 0 Å². The van der Waals surface area contributed by atoms with Crippen molar-refractivity contribution in [1.82, 2.24) is 10.3 Å². The Morgan fingerprint density at radius 1 is 1.47 bits per heavy atom. The number of carbonyl (C=O) groups is 1. The van der Waals surface area contributed by atoms with Crippen LogP contribution in [0.15, 0.2) is 18.3 Å². The van der Waals surface area contributed by atoms with Gasteiger partial charge in [0.25, 0.3) is 5.91 Å². The Hall–Kier alpha value is -1.79. The number of aryl methyl sites for hydroxylation is 1. The number of amides is 1. The van der Waals surface area contributed by atoms with Crippen molar-refractivity contribution in [3.63, 3.8) is 0 Å². The molecule has 0 spiro atoms. The van der Waals surface area contributed by atoms with Crippen LogP contribution in [-0.2, 0) is 4.79 Å². The lowest BCUT2D eigenvalue weighted by atomic mass is 10.3. The molecule has 1 aromatic heterocycles. The highest BCUT2D eigenvalue weighted by Gasteiger charge is 2.27. The molecule has 0 aliphatic heterocycles. The number of carbonyl (C=O) groups excluding carboxylic acids is 1. The van der Waals surface area contributed by atoms with Gasteiger partial charge in [0.1, 0.15) is 6.54 Å². The first-order valence-electron chi connectivity index (χ1n) is 4.76. The third-order valence-corrected chi connectivity index (χ3v) is 1.72. The highest BCUT2D eigenvalue weighted by Crippen LogP contribution is 2.12. The van der Waals surface area contributed by atoms with Gasteiger partial charge in [-0.2, -0.15) is 13.2 Å². The van der Waals surface area contributed by atoms with Crippen molar-refractivity contribution in [2.45, 2.75) is 13.1 Å². The first-order chi connectivity index (χ1) is 7.87. The number of ether oxygens (including phenoxy) is 1. The monoisotopic (exact) mass is 248 g/mol. The molecule has 0 saturated heterocycles. The molecule has 0 radical (unpaired) electrons. The maximum Gasteiger partial charge on any atom is 0.405 e. The van der Waals surface area contributed by atoms with Gasteiger partial charge in [-0.1, -0.05) is 6.07 Å². The Morgan fingerprint density at radius 2 is 2.18 bits per heavy atom. The van der Waals surface area contributed by atoms with Crippen LogP contribution in [-0.4, -0.2) is 30.2 Å². The molecule has 0 bridgehead atoms. The topological polar surface area (TPSA) is 51.2 Å². The normalized spacial score (nSPS) is 11.1. The average molecular weight is 248 g/mol. The molecule has 0 aromatic carbocycles. The molecule has 94 valence electrons. The van der Waals surface area contributed by atoms with E-state index < -0.39 is 25.2 Å². The lowest BCUT2D eigenvalue weighted by Crippen LogP contribution is -2.36. The molecule has 7 heteroatoms. The number of aromatic nitrogens is 1. The van der Waals surface area contributed by atoms with E-state index in [0.717, 1.165) is 5.56 Å². The largest absolute Gasteiger partial charge is 0.468 e. The molecular formula is C10H11F3N2O2. The van der Waals surface area contributed by atoms with Crippen LogP contribution in [0.3, 0.4) is 0 Å². The second-order valence-electron chi connectivity index (χ2n) is 3.35. The SMILES string of the molecule is Cc1ccc(OCC(=O)NCC(F)(F)F)nc1. The predicted octanol–water partition coefficient (Wildman–Crippen LogP) is 1.45. The number of nitrogens with one attached hydrogen (secondary N) is 1. The van der Waals surface area contributed by atoms with E-state index in [1.165, 1.54) is 12.3 Å². The van der Waals surface area contributed by atoms with E-state index in [1.54, 1.807) is 11.4 Å². The number of pyridine rings is 1. The predicted molar refractivity (Wildman–Crippen MR) is 53.5 cm³/mol. The van der Waals surface area contributed by atoms with E-state index in [0.29, 0.717) is 0 Å². The summed E-state index contributed by atoms with van der Waals surface area (Å²) >= 11 is 0. The molecule has 1 N–H and O–H groups in total. The Bertz CT molecular complexity index is 376. The van der Waals surface area contributed by atoms with Crippen LogP contribution in [0.2, 0.25) is 0 Å². The minimum absolute atomic E-state index is 0.192. The molecule has 0 fully saturated rings. The van der Waals surface area contributed by atoms with Gasteiger partial charge < -0.3 is 10.1 Å². The summed E-state index contributed by atoms with van der Waals surface area (Å²) in [6.45, 7) is -0.0323. The van der Waals surface area contributed by atoms with Gasteiger partial charge in [-0.25, -0.2) is 4.98 Å². The van der Waals surface area contributed by atoms with E-state index in [4.69, 9.17) is 4.74 Å². The third-order valence-electron chi connectivity index (χ3n) is 1.72. The van der Waals surface area contributed by atoms with Crippen LogP contribution in [0, 0.1) is 6.92 Å². The van der Waals surface area contributed by atoms with E-state index in [9.17, 15) is 18.0 Å². The summed E-state index contributed by atoms with van der Waals surface area (Å²) in [7, 11) is 0. The van der Waals surface area contributed by atoms with Crippen molar-refractivity contribution in [3.05, 3.63) is 23.9 Å². The molecule has 0 unspecified atom stereocenters. The summed E-state index contributed by atoms with van der Waals surface area (Å²) in [5.41, 5.74) is 0.916. The van der Waals surface area contributed by atoms with Crippen LogP contribution < -0.4 is 10.1 Å². The van der Waals surface area contributed by atoms with Gasteiger partial charge in [0.2, 0.25) is 5.88 Å². The summed E-state index contributed by atoms with van der Waals surface area (Å²) in [4.78, 5) is 14.8. The smallest absolute Gasteiger partial charge is 0.405 e. The summed E-state index contributed by atoms with van der Waals surface area (Å²) in [5, 5.41) is 1.69. The Balaban J connectivity index is 2.31. The van der Waals surface area contributed by atoms with Gasteiger partial charge in [0.15, 0.2) is 6.61 Å². The third kappa shape index (κ3) is 5.74. The van der Waals surface area contributed by atoms with E-state index >= 15 is 0 Å². The highest BCUT2D eigenvalue weighted by atomic mass is 19.4. The minimum Gasteiger partial charge on any atom is -0.468 e. The van der Waals surface area contributed by atoms with Crippen LogP contribution >= 0.6 is 0 Å². The molecule has 17 heavy (non-hydrogen) atoms. The number of halogens is 3. The molecule has 1 heterocycles. The van der Waals surface area contributed by atoms with Crippen LogP contribution in [0.4, 0.5) is 13.2 Å². The number of hydrogen-bond acceptors (Lipinski definition) is 3. The molecular weight excluding hydrogens is 237 g/mol. The number of alkyl halides is 3. The van der Waals surface area contributed by atoms with Gasteiger partial charge in [0.05, 0.1) is 0 Å². The first-order valence-corrected chi connectivity index (χ1v) is 4.76. The van der Waals surface area contributed by atoms with Gasteiger partial charge >= 0.3 is 6.18 Å². The molecule has 0 atom stereocenters. The van der Waals surface area contributed by atoms with Crippen molar-refractivity contribution in [2.24, 2.45) is 0 Å². The molecule has 0 saturated carbocycles. The first kappa shape index (κ1) is 13.3. The lowest BCUT2D eigenvalue weighted by molar-refractivity contribution is -0.139. The second-order valence-corrected chi connectivity index (χ2v) is 3.35. The van der Waals surface area contributed by atoms with E-state index in [-0.39, 0.29) is 5.88 Å². The molecule has 1 rings (SSSR count). The van der Waals surface area contributed by atoms with Crippen molar-refractivity contribution in [3.8, 4) is 5.88 Å². The molecule has 1 aromatic rings. The van der Waals surface area contributed by atoms with E-state index in [1.807, 2.05) is 6.92 Å². The number of rotatable bonds is 4. The van der Waals surface area contributed by atoms with Crippen molar-refractivity contribution in [1.29, 1.82) is 0 Å². The maximum atomic E-state index is 11.8. The summed E-state index contributed by atoms with van der Waals surface area (Å²) in [6, 6.07) is 3.25. The summed E-state index contributed by atoms with van der Waals surface area (Å²) in [5.74, 6) is -0.651. The van der Waals surface area contributed by atoms with Crippen molar-refractivity contribution < 1.29 is 22.7 Å². The minimum atomic E-state index is -4.42. The zero-order chi connectivity index (χ0) is 12.9. The fraction of sp³-hybridized carbons (Fsp3) is 0.400. The van der Waals surface area contributed by atoms with Crippen LogP contribution in [0.1, 0.15) is 5.56 Å².